The second-order valence-corrected chi connectivity index (χ2v) is 24.5. The molecule has 4 atom stereocenters. The number of carbonyl (C=O) groups excluding carboxylic acids is 4. The number of alkyl carbamates (subject to hydrolysis) is 4. The Kier molecular flexibility index (Phi) is 35.4. The first kappa shape index (κ1) is 87.5. The summed E-state index contributed by atoms with van der Waals surface area (Å²) in [5.74, 6) is -5.71. The molecule has 0 aliphatic rings. The number of nitrogens with one attached hydrogen (secondary N) is 4. The molecule has 39 heteroatoms. The van der Waals surface area contributed by atoms with Crippen molar-refractivity contribution in [3.05, 3.63) is 136 Å². The van der Waals surface area contributed by atoms with Crippen LogP contribution < -0.4 is 40.2 Å². The molecule has 0 bridgehead atoms. The van der Waals surface area contributed by atoms with E-state index in [1.54, 1.807) is 141 Å². The number of aryl methyl sites for hydroxylation is 4. The predicted molar refractivity (Wildman–Crippen MR) is 345 cm³/mol. The van der Waals surface area contributed by atoms with Crippen molar-refractivity contribution >= 4 is 82.6 Å². The number of hydrogen-bond acceptors (Lipinski definition) is 26. The van der Waals surface area contributed by atoms with Crippen LogP contribution >= 0.6 is 0 Å². The average molecular weight is 1430 g/mol. The Morgan fingerprint density at radius 2 is 0.657 bits per heavy atom. The van der Waals surface area contributed by atoms with Crippen LogP contribution in [0.15, 0.2) is 72.8 Å². The van der Waals surface area contributed by atoms with Crippen LogP contribution in [0.25, 0.3) is 0 Å². The van der Waals surface area contributed by atoms with Gasteiger partial charge in [-0.1, -0.05) is 30.3 Å². The first-order chi connectivity index (χ1) is 45.4. The van der Waals surface area contributed by atoms with Crippen molar-refractivity contribution in [1.29, 1.82) is 0 Å². The van der Waals surface area contributed by atoms with Crippen LogP contribution in [-0.2, 0) is 49.7 Å². The zero-order valence-electron chi connectivity index (χ0n) is 56.7. The van der Waals surface area contributed by atoms with Gasteiger partial charge in [0.2, 0.25) is 0 Å². The molecule has 8 N–H and O–H groups in total. The number of rotatable bonds is 24. The van der Waals surface area contributed by atoms with Crippen LogP contribution in [-0.4, -0.2) is 170 Å². The average Bonchev–Trinajstić information content (AvgIpc) is 0.860. The van der Waals surface area contributed by atoms with Crippen LogP contribution in [0.1, 0.15) is 105 Å². The minimum Gasteiger partial charge on any atom is -0.484 e. The van der Waals surface area contributed by atoms with Crippen LogP contribution in [0.3, 0.4) is 0 Å². The van der Waals surface area contributed by atoms with Gasteiger partial charge < -0.3 is 79.6 Å². The van der Waals surface area contributed by atoms with E-state index in [-0.39, 0.29) is 45.7 Å². The summed E-state index contributed by atoms with van der Waals surface area (Å²) in [5.41, 5.74) is -1.84. The van der Waals surface area contributed by atoms with E-state index < -0.39 is 153 Å². The molecular formula is C60H80N8O30S. The second kappa shape index (κ2) is 40.1. The monoisotopic (exact) mass is 1420 g/mol. The Bertz CT molecular complexity index is 3390. The molecule has 4 amide bonds. The number of nitro groups is 4. The van der Waals surface area contributed by atoms with Crippen molar-refractivity contribution in [2.24, 2.45) is 0 Å². The van der Waals surface area contributed by atoms with E-state index >= 15 is 0 Å². The molecule has 0 heterocycles. The van der Waals surface area contributed by atoms with E-state index in [0.717, 1.165) is 0 Å². The quantitative estimate of drug-likeness (QED) is 0.0185. The van der Waals surface area contributed by atoms with Crippen molar-refractivity contribution in [1.82, 2.24) is 21.3 Å². The second-order valence-electron chi connectivity index (χ2n) is 24.3. The third-order valence-corrected chi connectivity index (χ3v) is 10.9. The fourth-order valence-electron chi connectivity index (χ4n) is 6.85. The number of aliphatic carboxylic acids is 4. The summed E-state index contributed by atoms with van der Waals surface area (Å²) in [5, 5.41) is 89.2. The number of carbonyl (C=O) groups is 8. The van der Waals surface area contributed by atoms with Crippen molar-refractivity contribution in [3.8, 4) is 23.0 Å². The van der Waals surface area contributed by atoms with Crippen LogP contribution in [0, 0.1) is 68.2 Å². The highest BCUT2D eigenvalue weighted by Gasteiger charge is 2.31. The summed E-state index contributed by atoms with van der Waals surface area (Å²) in [6, 6.07) is 11.6. The third kappa shape index (κ3) is 36.8. The Morgan fingerprint density at radius 3 is 0.919 bits per heavy atom. The summed E-state index contributed by atoms with van der Waals surface area (Å²) in [4.78, 5) is 133. The summed E-state index contributed by atoms with van der Waals surface area (Å²) < 4.78 is 57.4. The molecule has 99 heavy (non-hydrogen) atoms. The SMILES string of the molecule is Cc1ccc(OC[C@H](NC(=O)OC(C)(C)C)C(=O)O)c([N+](=O)[O-])c1.Cc1ccc(OC[C@H](NC(=O)OC(C)(C)C)C(=O)O)c([N+](=O)[O-])c1.Cc1ccc([N+](=O)[O-])c(OC[C@H](NC(=O)OC(C)(C)C)C(=O)O)c1.Cc1cccc(OC[C@H](NC(=O)OC(C)(C)C)C(=O)O)c1[N+](=O)[O-].O=S=O. The molecule has 0 fully saturated rings. The largest absolute Gasteiger partial charge is 0.484 e. The summed E-state index contributed by atoms with van der Waals surface area (Å²) in [6.45, 7) is 24.3. The molecule has 0 unspecified atom stereocenters. The number of para-hydroxylation sites is 1. The van der Waals surface area contributed by atoms with E-state index in [2.05, 4.69) is 21.3 Å². The van der Waals surface area contributed by atoms with Crippen LogP contribution in [0.4, 0.5) is 41.9 Å². The molecular weight excluding hydrogens is 1340 g/mol. The van der Waals surface area contributed by atoms with Crippen molar-refractivity contribution in [2.45, 2.75) is 157 Å². The van der Waals surface area contributed by atoms with E-state index in [0.29, 0.717) is 22.3 Å². The highest BCUT2D eigenvalue weighted by Crippen LogP contribution is 2.32. The predicted octanol–water partition coefficient (Wildman–Crippen LogP) is 8.37. The van der Waals surface area contributed by atoms with Gasteiger partial charge in [0.15, 0.2) is 47.2 Å². The fourth-order valence-corrected chi connectivity index (χ4v) is 6.85. The van der Waals surface area contributed by atoms with E-state index in [9.17, 15) is 78.8 Å². The van der Waals surface area contributed by atoms with Gasteiger partial charge in [0.1, 0.15) is 48.8 Å². The molecule has 0 spiro atoms. The lowest BCUT2D eigenvalue weighted by atomic mass is 10.2. The molecule has 38 nitrogen and oxygen atoms in total. The number of ether oxygens (including phenoxy) is 8. The van der Waals surface area contributed by atoms with Gasteiger partial charge >= 0.3 is 82.6 Å². The third-order valence-electron chi connectivity index (χ3n) is 10.9. The Balaban J connectivity index is 0.00000127. The van der Waals surface area contributed by atoms with Gasteiger partial charge in [-0.3, -0.25) is 40.5 Å². The van der Waals surface area contributed by atoms with Crippen molar-refractivity contribution in [3.63, 3.8) is 0 Å². The van der Waals surface area contributed by atoms with Gasteiger partial charge in [-0.15, -0.1) is 0 Å². The van der Waals surface area contributed by atoms with E-state index in [1.807, 2.05) is 0 Å². The van der Waals surface area contributed by atoms with Gasteiger partial charge in [0.05, 0.1) is 19.7 Å². The molecule has 0 saturated heterocycles. The van der Waals surface area contributed by atoms with Crippen LogP contribution in [0.5, 0.6) is 23.0 Å². The number of hydrogen-bond donors (Lipinski definition) is 8. The molecule has 4 aromatic rings. The first-order valence-electron chi connectivity index (χ1n) is 28.7. The number of nitrogens with zero attached hydrogens (tertiary/aromatic N) is 4. The number of benzene rings is 4. The van der Waals surface area contributed by atoms with Gasteiger partial charge in [0, 0.05) is 23.8 Å². The van der Waals surface area contributed by atoms with Gasteiger partial charge in [-0.2, -0.15) is 8.42 Å². The molecule has 0 aliphatic heterocycles. The topological polar surface area (TPSA) is 546 Å². The number of nitro benzene ring substituents is 4. The summed E-state index contributed by atoms with van der Waals surface area (Å²) in [7, 11) is 0. The lowest BCUT2D eigenvalue weighted by molar-refractivity contribution is -0.386. The zero-order chi connectivity index (χ0) is 76.7. The number of carboxylic acid groups (broad SMARTS) is 4. The van der Waals surface area contributed by atoms with Crippen molar-refractivity contribution in [2.75, 3.05) is 26.4 Å². The lowest BCUT2D eigenvalue weighted by Gasteiger charge is -2.22. The summed E-state index contributed by atoms with van der Waals surface area (Å²) in [6.07, 6.45) is -3.68. The Hall–Kier alpha value is -11.5. The maximum Gasteiger partial charge on any atom is 0.408 e. The minimum absolute atomic E-state index is 0.0720. The minimum atomic E-state index is -1.42. The maximum absolute atomic E-state index is 11.7. The molecule has 0 aromatic heterocycles. The molecule has 4 aromatic carbocycles. The maximum atomic E-state index is 11.7. The summed E-state index contributed by atoms with van der Waals surface area (Å²) >= 11 is -0.750. The fraction of sp³-hybridized carbons (Fsp3) is 0.467. The Labute approximate surface area is 569 Å². The standard InChI is InChI=1S/4C15H20N2O7.O2S/c2*1-9-5-6-12(11(7-9)17(21)22)23-8-10(13(18)19)16-14(20)24-15(2,3)4;1-9-5-6-11(17(21)22)12(7-9)23-8-10(13(18)19)16-14(20)24-15(2,3)4;1-9-6-5-7-11(12(9)17(21)22)23-8-10(13(18)19)16-14(20)24-15(2,3)4;1-3-2/h4*5-7,10H,8H2,1-4H3,(H,16,20)(H,18,19);/t4*10-;/m0000./s1. The van der Waals surface area contributed by atoms with Gasteiger partial charge in [-0.05, 0) is 152 Å². The molecule has 0 aliphatic carbocycles. The van der Waals surface area contributed by atoms with Gasteiger partial charge in [-0.25, -0.2) is 38.4 Å². The molecule has 4 rings (SSSR count). The number of amides is 4. The smallest absolute Gasteiger partial charge is 0.408 e. The highest BCUT2D eigenvalue weighted by molar-refractivity contribution is 7.51. The Morgan fingerprint density at radius 1 is 0.394 bits per heavy atom. The van der Waals surface area contributed by atoms with Crippen LogP contribution in [0.2, 0.25) is 0 Å². The normalized spacial score (nSPS) is 11.9. The molecule has 0 saturated carbocycles. The van der Waals surface area contributed by atoms with Crippen molar-refractivity contribution < 1.29 is 125 Å². The molecule has 0 radical (unpaired) electrons. The lowest BCUT2D eigenvalue weighted by Crippen LogP contribution is -2.46. The molecule has 546 valence electrons. The highest BCUT2D eigenvalue weighted by atomic mass is 32.1. The van der Waals surface area contributed by atoms with E-state index in [4.69, 9.17) is 66.7 Å². The van der Waals surface area contributed by atoms with Gasteiger partial charge in [0.25, 0.3) is 0 Å². The van der Waals surface area contributed by atoms with E-state index in [1.165, 1.54) is 42.5 Å². The first-order valence-corrected chi connectivity index (χ1v) is 29.4. The number of carboxylic acids is 4. The zero-order valence-corrected chi connectivity index (χ0v) is 57.5.